The van der Waals surface area contributed by atoms with Crippen molar-refractivity contribution in [2.24, 2.45) is 11.7 Å². The molecular weight excluding hydrogens is 248 g/mol. The SMILES string of the molecule is CCC1CCN(CC2CCC3(CCCC3)O2)C(CN)C1. The molecule has 3 aliphatic rings. The van der Waals surface area contributed by atoms with Crippen molar-refractivity contribution in [3.8, 4) is 0 Å². The second-order valence-electron chi connectivity index (χ2n) is 7.35. The van der Waals surface area contributed by atoms with Crippen molar-refractivity contribution >= 4 is 0 Å². The summed E-state index contributed by atoms with van der Waals surface area (Å²) in [6.07, 6.45) is 12.4. The van der Waals surface area contributed by atoms with Crippen LogP contribution in [-0.2, 0) is 4.74 Å². The van der Waals surface area contributed by atoms with E-state index in [9.17, 15) is 0 Å². The van der Waals surface area contributed by atoms with Crippen molar-refractivity contribution in [1.29, 1.82) is 0 Å². The molecule has 20 heavy (non-hydrogen) atoms. The first kappa shape index (κ1) is 14.8. The molecule has 2 heterocycles. The predicted octanol–water partition coefficient (Wildman–Crippen LogP) is 2.93. The van der Waals surface area contributed by atoms with Crippen LogP contribution in [0.5, 0.6) is 0 Å². The van der Waals surface area contributed by atoms with Crippen molar-refractivity contribution in [2.45, 2.75) is 82.5 Å². The molecule has 3 rings (SSSR count). The zero-order valence-corrected chi connectivity index (χ0v) is 13.2. The Labute approximate surface area is 124 Å². The summed E-state index contributed by atoms with van der Waals surface area (Å²) in [5.74, 6) is 0.894. The highest BCUT2D eigenvalue weighted by Crippen LogP contribution is 2.43. The Morgan fingerprint density at radius 2 is 2.00 bits per heavy atom. The molecule has 1 saturated carbocycles. The maximum Gasteiger partial charge on any atom is 0.0710 e. The second-order valence-corrected chi connectivity index (χ2v) is 7.35. The van der Waals surface area contributed by atoms with Gasteiger partial charge < -0.3 is 10.5 Å². The molecule has 0 aromatic rings. The van der Waals surface area contributed by atoms with Gasteiger partial charge in [-0.05, 0) is 51.0 Å². The van der Waals surface area contributed by atoms with Gasteiger partial charge in [-0.25, -0.2) is 0 Å². The van der Waals surface area contributed by atoms with Crippen molar-refractivity contribution < 1.29 is 4.74 Å². The van der Waals surface area contributed by atoms with Crippen LogP contribution in [0.3, 0.4) is 0 Å². The first-order valence-electron chi connectivity index (χ1n) is 8.86. The molecule has 3 fully saturated rings. The van der Waals surface area contributed by atoms with E-state index in [4.69, 9.17) is 10.5 Å². The number of likely N-dealkylation sites (tertiary alicyclic amines) is 1. The first-order chi connectivity index (χ1) is 9.74. The van der Waals surface area contributed by atoms with Gasteiger partial charge in [-0.3, -0.25) is 4.90 Å². The number of nitrogens with zero attached hydrogens (tertiary/aromatic N) is 1. The highest BCUT2D eigenvalue weighted by atomic mass is 16.5. The molecule has 2 N–H and O–H groups in total. The number of piperidine rings is 1. The summed E-state index contributed by atoms with van der Waals surface area (Å²) in [5.41, 5.74) is 6.30. The van der Waals surface area contributed by atoms with E-state index in [1.54, 1.807) is 0 Å². The third-order valence-corrected chi connectivity index (χ3v) is 6.09. The molecule has 2 aliphatic heterocycles. The van der Waals surface area contributed by atoms with Crippen molar-refractivity contribution in [3.63, 3.8) is 0 Å². The summed E-state index contributed by atoms with van der Waals surface area (Å²) in [4.78, 5) is 2.63. The number of rotatable bonds is 4. The van der Waals surface area contributed by atoms with Gasteiger partial charge in [0.15, 0.2) is 0 Å². The fourth-order valence-electron chi connectivity index (χ4n) is 4.71. The van der Waals surface area contributed by atoms with E-state index in [1.807, 2.05) is 0 Å². The summed E-state index contributed by atoms with van der Waals surface area (Å²) in [7, 11) is 0. The highest BCUT2D eigenvalue weighted by Gasteiger charge is 2.43. The first-order valence-corrected chi connectivity index (χ1v) is 8.86. The Morgan fingerprint density at radius 1 is 1.20 bits per heavy atom. The molecule has 2 saturated heterocycles. The van der Waals surface area contributed by atoms with Crippen molar-refractivity contribution in [3.05, 3.63) is 0 Å². The minimum atomic E-state index is 0.282. The van der Waals surface area contributed by atoms with Crippen molar-refractivity contribution in [1.82, 2.24) is 4.90 Å². The van der Waals surface area contributed by atoms with Gasteiger partial charge in [0, 0.05) is 19.1 Å². The third-order valence-electron chi connectivity index (χ3n) is 6.09. The van der Waals surface area contributed by atoms with Gasteiger partial charge in [0.05, 0.1) is 11.7 Å². The van der Waals surface area contributed by atoms with Crippen LogP contribution in [0.15, 0.2) is 0 Å². The Kier molecular flexibility index (Phi) is 4.68. The molecule has 1 aliphatic carbocycles. The minimum Gasteiger partial charge on any atom is -0.370 e. The number of hydrogen-bond acceptors (Lipinski definition) is 3. The predicted molar refractivity (Wildman–Crippen MR) is 82.7 cm³/mol. The van der Waals surface area contributed by atoms with E-state index in [1.165, 1.54) is 64.3 Å². The van der Waals surface area contributed by atoms with Crippen LogP contribution in [0.2, 0.25) is 0 Å². The lowest BCUT2D eigenvalue weighted by atomic mass is 9.88. The monoisotopic (exact) mass is 280 g/mol. The van der Waals surface area contributed by atoms with Gasteiger partial charge in [0.1, 0.15) is 0 Å². The fourth-order valence-corrected chi connectivity index (χ4v) is 4.71. The Balaban J connectivity index is 1.52. The number of hydrogen-bond donors (Lipinski definition) is 1. The Hall–Kier alpha value is -0.120. The Bertz CT molecular complexity index is 314. The zero-order valence-electron chi connectivity index (χ0n) is 13.2. The molecule has 0 aromatic heterocycles. The molecule has 3 nitrogen and oxygen atoms in total. The average Bonchev–Trinajstić information content (AvgIpc) is 3.10. The van der Waals surface area contributed by atoms with Crippen molar-refractivity contribution in [2.75, 3.05) is 19.6 Å². The lowest BCUT2D eigenvalue weighted by Gasteiger charge is -2.40. The Morgan fingerprint density at radius 3 is 2.70 bits per heavy atom. The zero-order chi connectivity index (χ0) is 14.0. The summed E-state index contributed by atoms with van der Waals surface area (Å²) in [5, 5.41) is 0. The van der Waals surface area contributed by atoms with Crippen LogP contribution in [-0.4, -0.2) is 42.3 Å². The van der Waals surface area contributed by atoms with E-state index < -0.39 is 0 Å². The van der Waals surface area contributed by atoms with E-state index in [0.717, 1.165) is 19.0 Å². The van der Waals surface area contributed by atoms with E-state index in [-0.39, 0.29) is 5.60 Å². The molecule has 0 radical (unpaired) electrons. The van der Waals surface area contributed by atoms with Crippen LogP contribution in [0.4, 0.5) is 0 Å². The maximum atomic E-state index is 6.48. The lowest BCUT2D eigenvalue weighted by molar-refractivity contribution is -0.0557. The number of ether oxygens (including phenoxy) is 1. The van der Waals surface area contributed by atoms with Crippen LogP contribution in [0.1, 0.15) is 64.7 Å². The fraction of sp³-hybridized carbons (Fsp3) is 1.00. The van der Waals surface area contributed by atoms with Crippen LogP contribution < -0.4 is 5.73 Å². The molecule has 3 atom stereocenters. The molecule has 0 amide bonds. The molecule has 0 bridgehead atoms. The normalized spacial score (nSPS) is 37.8. The topological polar surface area (TPSA) is 38.5 Å². The quantitative estimate of drug-likeness (QED) is 0.860. The van der Waals surface area contributed by atoms with Gasteiger partial charge in [-0.1, -0.05) is 26.2 Å². The summed E-state index contributed by atoms with van der Waals surface area (Å²) < 4.78 is 6.48. The van der Waals surface area contributed by atoms with Crippen LogP contribution in [0, 0.1) is 5.92 Å². The largest absolute Gasteiger partial charge is 0.370 e. The van der Waals surface area contributed by atoms with Gasteiger partial charge in [0.2, 0.25) is 0 Å². The van der Waals surface area contributed by atoms with Crippen LogP contribution in [0.25, 0.3) is 0 Å². The van der Waals surface area contributed by atoms with E-state index in [2.05, 4.69) is 11.8 Å². The third kappa shape index (κ3) is 3.05. The molecule has 116 valence electrons. The van der Waals surface area contributed by atoms with E-state index in [0.29, 0.717) is 12.1 Å². The molecule has 0 aromatic carbocycles. The molecule has 1 spiro atoms. The van der Waals surface area contributed by atoms with Gasteiger partial charge in [-0.15, -0.1) is 0 Å². The average molecular weight is 280 g/mol. The van der Waals surface area contributed by atoms with Gasteiger partial charge in [-0.2, -0.15) is 0 Å². The lowest BCUT2D eigenvalue weighted by Crippen LogP contribution is -2.49. The molecule has 3 unspecified atom stereocenters. The standard InChI is InChI=1S/C17H32N2O/c1-2-14-6-10-19(15(11-14)12-18)13-16-5-9-17(20-16)7-3-4-8-17/h14-16H,2-13,18H2,1H3. The smallest absolute Gasteiger partial charge is 0.0710 e. The summed E-state index contributed by atoms with van der Waals surface area (Å²) >= 11 is 0. The highest BCUT2D eigenvalue weighted by molar-refractivity contribution is 4.94. The summed E-state index contributed by atoms with van der Waals surface area (Å²) in [6, 6.07) is 0.595. The summed E-state index contributed by atoms with van der Waals surface area (Å²) in [6.45, 7) is 5.49. The van der Waals surface area contributed by atoms with Gasteiger partial charge in [0.25, 0.3) is 0 Å². The van der Waals surface area contributed by atoms with Gasteiger partial charge >= 0.3 is 0 Å². The maximum absolute atomic E-state index is 6.48. The van der Waals surface area contributed by atoms with Crippen LogP contribution >= 0.6 is 0 Å². The molecular formula is C17H32N2O. The molecule has 3 heteroatoms. The van der Waals surface area contributed by atoms with E-state index >= 15 is 0 Å². The number of nitrogens with two attached hydrogens (primary N) is 1. The second kappa shape index (κ2) is 6.33. The minimum absolute atomic E-state index is 0.282.